The van der Waals surface area contributed by atoms with Gasteiger partial charge in [0, 0.05) is 61.3 Å². The molecule has 2 unspecified atom stereocenters. The van der Waals surface area contributed by atoms with E-state index in [1.54, 1.807) is 6.07 Å². The van der Waals surface area contributed by atoms with Crippen molar-refractivity contribution in [3.05, 3.63) is 66.0 Å². The third kappa shape index (κ3) is 5.48. The second-order valence-electron chi connectivity index (χ2n) is 8.72. The summed E-state index contributed by atoms with van der Waals surface area (Å²) in [5.41, 5.74) is 1.76. The molecule has 13 heteroatoms. The predicted octanol–water partition coefficient (Wildman–Crippen LogP) is 4.08. The summed E-state index contributed by atoms with van der Waals surface area (Å²) in [5.74, 6) is 0.455. The van der Waals surface area contributed by atoms with E-state index in [0.717, 1.165) is 22.7 Å². The molecule has 1 N–H and O–H groups in total. The molecule has 192 valence electrons. The SMILES string of the molecule is O=S(=O)(Nc1ncns1)c1ccc2c(c1)OCCC2N1CCN(CC(F)(F)F)CC1c1ccccc1. The molecule has 2 aliphatic heterocycles. The Morgan fingerprint density at radius 1 is 1.11 bits per heavy atom. The Morgan fingerprint density at radius 2 is 1.92 bits per heavy atom. The molecule has 0 radical (unpaired) electrons. The molecule has 0 aliphatic carbocycles. The maximum absolute atomic E-state index is 13.1. The normalized spacial score (nSPS) is 21.5. The number of piperazine rings is 1. The van der Waals surface area contributed by atoms with E-state index in [-0.39, 0.29) is 35.2 Å². The summed E-state index contributed by atoms with van der Waals surface area (Å²) in [7, 11) is -3.89. The van der Waals surface area contributed by atoms with Crippen molar-refractivity contribution in [2.24, 2.45) is 0 Å². The highest BCUT2D eigenvalue weighted by Crippen LogP contribution is 2.42. The van der Waals surface area contributed by atoms with Crippen molar-refractivity contribution >= 4 is 26.7 Å². The number of fused-ring (bicyclic) bond motifs is 1. The van der Waals surface area contributed by atoms with Gasteiger partial charge in [0.25, 0.3) is 10.0 Å². The molecule has 0 saturated carbocycles. The lowest BCUT2D eigenvalue weighted by Gasteiger charge is -2.47. The van der Waals surface area contributed by atoms with E-state index in [2.05, 4.69) is 19.0 Å². The molecule has 8 nitrogen and oxygen atoms in total. The molecule has 2 aromatic carbocycles. The summed E-state index contributed by atoms with van der Waals surface area (Å²) >= 11 is 0.930. The van der Waals surface area contributed by atoms with E-state index in [1.807, 2.05) is 30.3 Å². The van der Waals surface area contributed by atoms with E-state index in [4.69, 9.17) is 4.74 Å². The van der Waals surface area contributed by atoms with Gasteiger partial charge in [-0.25, -0.2) is 13.4 Å². The highest BCUT2D eigenvalue weighted by atomic mass is 32.2. The number of ether oxygens (including phenoxy) is 1. The Bertz CT molecular complexity index is 1290. The number of alkyl halides is 3. The quantitative estimate of drug-likeness (QED) is 0.505. The van der Waals surface area contributed by atoms with Crippen LogP contribution in [0.5, 0.6) is 5.75 Å². The van der Waals surface area contributed by atoms with Crippen LogP contribution >= 0.6 is 11.5 Å². The van der Waals surface area contributed by atoms with Crippen LogP contribution in [0.3, 0.4) is 0 Å². The zero-order valence-electron chi connectivity index (χ0n) is 19.1. The molecule has 5 rings (SSSR count). The molecular formula is C23H24F3N5O3S2. The highest BCUT2D eigenvalue weighted by Gasteiger charge is 2.39. The minimum atomic E-state index is -4.26. The van der Waals surface area contributed by atoms with Gasteiger partial charge in [0.15, 0.2) is 0 Å². The third-order valence-electron chi connectivity index (χ3n) is 6.38. The summed E-state index contributed by atoms with van der Waals surface area (Å²) in [6, 6.07) is 13.9. The molecule has 1 saturated heterocycles. The molecule has 0 spiro atoms. The molecule has 2 aliphatic rings. The molecule has 3 aromatic rings. The Morgan fingerprint density at radius 3 is 2.64 bits per heavy atom. The van der Waals surface area contributed by atoms with Gasteiger partial charge in [0.1, 0.15) is 12.1 Å². The Labute approximate surface area is 210 Å². The van der Waals surface area contributed by atoms with Crippen LogP contribution in [0.15, 0.2) is 59.8 Å². The molecule has 0 bridgehead atoms. The van der Waals surface area contributed by atoms with Crippen LogP contribution in [0.25, 0.3) is 0 Å². The van der Waals surface area contributed by atoms with Gasteiger partial charge in [-0.15, -0.1) is 0 Å². The van der Waals surface area contributed by atoms with Crippen LogP contribution in [0, 0.1) is 0 Å². The van der Waals surface area contributed by atoms with Crippen LogP contribution in [-0.4, -0.2) is 66.5 Å². The van der Waals surface area contributed by atoms with Gasteiger partial charge >= 0.3 is 6.18 Å². The topological polar surface area (TPSA) is 87.7 Å². The lowest BCUT2D eigenvalue weighted by atomic mass is 9.93. The number of halogens is 3. The summed E-state index contributed by atoms with van der Waals surface area (Å²) in [6.45, 7) is 0.396. The molecule has 2 atom stereocenters. The van der Waals surface area contributed by atoms with Crippen molar-refractivity contribution in [3.8, 4) is 5.75 Å². The number of benzene rings is 2. The van der Waals surface area contributed by atoms with E-state index in [0.29, 0.717) is 25.3 Å². The summed E-state index contributed by atoms with van der Waals surface area (Å²) in [4.78, 5) is 7.56. The Balaban J connectivity index is 1.43. The zero-order chi connectivity index (χ0) is 25.3. The van der Waals surface area contributed by atoms with E-state index in [9.17, 15) is 21.6 Å². The average molecular weight is 540 g/mol. The van der Waals surface area contributed by atoms with Crippen molar-refractivity contribution in [3.63, 3.8) is 0 Å². The van der Waals surface area contributed by atoms with Gasteiger partial charge in [-0.05, 0) is 11.6 Å². The van der Waals surface area contributed by atoms with Crippen molar-refractivity contribution < 1.29 is 26.3 Å². The first-order chi connectivity index (χ1) is 17.2. The second kappa shape index (κ2) is 9.96. The van der Waals surface area contributed by atoms with Crippen LogP contribution in [0.4, 0.5) is 18.3 Å². The molecule has 1 fully saturated rings. The Kier molecular flexibility index (Phi) is 6.90. The molecule has 0 amide bonds. The molecule has 3 heterocycles. The lowest BCUT2D eigenvalue weighted by molar-refractivity contribution is -0.153. The van der Waals surface area contributed by atoms with Gasteiger partial charge in [-0.1, -0.05) is 36.4 Å². The van der Waals surface area contributed by atoms with Crippen molar-refractivity contribution in [2.75, 3.05) is 37.5 Å². The van der Waals surface area contributed by atoms with Gasteiger partial charge in [-0.2, -0.15) is 17.5 Å². The van der Waals surface area contributed by atoms with Crippen LogP contribution < -0.4 is 9.46 Å². The number of rotatable bonds is 6. The van der Waals surface area contributed by atoms with Crippen molar-refractivity contribution in [1.82, 2.24) is 19.2 Å². The van der Waals surface area contributed by atoms with Gasteiger partial charge < -0.3 is 4.74 Å². The number of nitrogens with one attached hydrogen (secondary N) is 1. The highest BCUT2D eigenvalue weighted by molar-refractivity contribution is 7.93. The minimum absolute atomic E-state index is 0.0340. The lowest BCUT2D eigenvalue weighted by Crippen LogP contribution is -2.52. The maximum Gasteiger partial charge on any atom is 0.401 e. The maximum atomic E-state index is 13.1. The number of hydrogen-bond acceptors (Lipinski definition) is 8. The monoisotopic (exact) mass is 539 g/mol. The standard InChI is InChI=1S/C23H24F3N5O3S2/c24-23(25,26)14-30-9-10-31(20(13-30)16-4-2-1-3-5-16)19-8-11-34-21-12-17(6-7-18(19)21)36(32,33)29-22-27-15-28-35-22/h1-7,12,15,19-20H,8-11,13-14H2,(H,27,28,29). The fourth-order valence-corrected chi connectivity index (χ4v) is 6.53. The van der Waals surface area contributed by atoms with Gasteiger partial charge in [0.05, 0.1) is 18.0 Å². The van der Waals surface area contributed by atoms with E-state index >= 15 is 0 Å². The first kappa shape index (κ1) is 24.9. The Hall–Kier alpha value is -2.74. The van der Waals surface area contributed by atoms with Crippen molar-refractivity contribution in [1.29, 1.82) is 0 Å². The first-order valence-corrected chi connectivity index (χ1v) is 13.6. The van der Waals surface area contributed by atoms with Gasteiger partial charge in [-0.3, -0.25) is 14.5 Å². The summed E-state index contributed by atoms with van der Waals surface area (Å²) < 4.78 is 77.1. The first-order valence-electron chi connectivity index (χ1n) is 11.4. The van der Waals surface area contributed by atoms with Crippen molar-refractivity contribution in [2.45, 2.75) is 29.6 Å². The van der Waals surface area contributed by atoms with Gasteiger partial charge in [0.2, 0.25) is 5.13 Å². The van der Waals surface area contributed by atoms with Crippen LogP contribution in [-0.2, 0) is 10.0 Å². The van der Waals surface area contributed by atoms with Crippen LogP contribution in [0.2, 0.25) is 0 Å². The number of hydrogen-bond donors (Lipinski definition) is 1. The minimum Gasteiger partial charge on any atom is -0.493 e. The number of nitrogens with zero attached hydrogens (tertiary/aromatic N) is 4. The number of anilines is 1. The molecule has 1 aromatic heterocycles. The third-order valence-corrected chi connectivity index (χ3v) is 8.43. The smallest absolute Gasteiger partial charge is 0.401 e. The molecule has 36 heavy (non-hydrogen) atoms. The predicted molar refractivity (Wildman–Crippen MR) is 128 cm³/mol. The fraction of sp³-hybridized carbons (Fsp3) is 0.391. The summed E-state index contributed by atoms with van der Waals surface area (Å²) in [6.07, 6.45) is -2.36. The largest absolute Gasteiger partial charge is 0.493 e. The zero-order valence-corrected chi connectivity index (χ0v) is 20.7. The van der Waals surface area contributed by atoms with Crippen LogP contribution in [0.1, 0.15) is 29.6 Å². The summed E-state index contributed by atoms with van der Waals surface area (Å²) in [5, 5.41) is 0.161. The van der Waals surface area contributed by atoms with E-state index in [1.165, 1.54) is 23.4 Å². The average Bonchev–Trinajstić information content (AvgIpc) is 3.35. The van der Waals surface area contributed by atoms with E-state index < -0.39 is 22.7 Å². The molecular weight excluding hydrogens is 515 g/mol. The second-order valence-corrected chi connectivity index (χ2v) is 11.2. The fourth-order valence-electron chi connectivity index (χ4n) is 4.85. The number of sulfonamides is 1. The number of aromatic nitrogens is 2.